The van der Waals surface area contributed by atoms with Gasteiger partial charge in [0.25, 0.3) is 0 Å². The lowest BCUT2D eigenvalue weighted by atomic mass is 10.0. The van der Waals surface area contributed by atoms with Crippen molar-refractivity contribution in [3.63, 3.8) is 0 Å². The lowest BCUT2D eigenvalue weighted by Gasteiger charge is -2.21. The SMILES string of the molecule is CCC(CC)C(=O)Nc1ccc(N2CCCCCC2)nc1. The van der Waals surface area contributed by atoms with Crippen LogP contribution in [0.2, 0.25) is 0 Å². The molecule has 1 aliphatic rings. The molecule has 2 rings (SSSR count). The third-order valence-electron chi connectivity index (χ3n) is 4.30. The molecule has 1 N–H and O–H groups in total. The molecule has 1 aliphatic heterocycles. The molecule has 21 heavy (non-hydrogen) atoms. The van der Waals surface area contributed by atoms with E-state index in [4.69, 9.17) is 0 Å². The Labute approximate surface area is 127 Å². The van der Waals surface area contributed by atoms with Gasteiger partial charge in [0, 0.05) is 19.0 Å². The minimum absolute atomic E-state index is 0.0929. The molecule has 0 aliphatic carbocycles. The molecule has 0 saturated carbocycles. The van der Waals surface area contributed by atoms with Gasteiger partial charge in [0.2, 0.25) is 5.91 Å². The Hall–Kier alpha value is -1.58. The number of nitrogens with one attached hydrogen (secondary N) is 1. The van der Waals surface area contributed by atoms with E-state index in [-0.39, 0.29) is 11.8 Å². The van der Waals surface area contributed by atoms with E-state index < -0.39 is 0 Å². The fraction of sp³-hybridized carbons (Fsp3) is 0.647. The van der Waals surface area contributed by atoms with Crippen LogP contribution in [0.15, 0.2) is 18.3 Å². The minimum atomic E-state index is 0.0929. The van der Waals surface area contributed by atoms with Crippen LogP contribution in [0.4, 0.5) is 11.5 Å². The Morgan fingerprint density at radius 3 is 2.38 bits per heavy atom. The second-order valence-electron chi connectivity index (χ2n) is 5.81. The van der Waals surface area contributed by atoms with Gasteiger partial charge in [0.15, 0.2) is 0 Å². The van der Waals surface area contributed by atoms with Crippen LogP contribution in [0.25, 0.3) is 0 Å². The summed E-state index contributed by atoms with van der Waals surface area (Å²) in [4.78, 5) is 18.9. The molecule has 116 valence electrons. The van der Waals surface area contributed by atoms with Crippen LogP contribution >= 0.6 is 0 Å². The third kappa shape index (κ3) is 4.45. The zero-order chi connectivity index (χ0) is 15.1. The van der Waals surface area contributed by atoms with Gasteiger partial charge in [-0.3, -0.25) is 4.79 Å². The van der Waals surface area contributed by atoms with E-state index in [2.05, 4.69) is 29.0 Å². The number of carbonyl (C=O) groups excluding carboxylic acids is 1. The van der Waals surface area contributed by atoms with Crippen LogP contribution < -0.4 is 10.2 Å². The fourth-order valence-corrected chi connectivity index (χ4v) is 2.85. The van der Waals surface area contributed by atoms with E-state index in [9.17, 15) is 4.79 Å². The van der Waals surface area contributed by atoms with Crippen molar-refractivity contribution in [1.29, 1.82) is 0 Å². The maximum absolute atomic E-state index is 12.1. The van der Waals surface area contributed by atoms with E-state index in [0.29, 0.717) is 0 Å². The molecule has 1 aromatic rings. The van der Waals surface area contributed by atoms with Gasteiger partial charge in [-0.25, -0.2) is 4.98 Å². The highest BCUT2D eigenvalue weighted by atomic mass is 16.1. The van der Waals surface area contributed by atoms with Gasteiger partial charge >= 0.3 is 0 Å². The maximum atomic E-state index is 12.1. The summed E-state index contributed by atoms with van der Waals surface area (Å²) in [6, 6.07) is 3.99. The molecule has 1 amide bonds. The molecule has 4 nitrogen and oxygen atoms in total. The number of rotatable bonds is 5. The minimum Gasteiger partial charge on any atom is -0.357 e. The summed E-state index contributed by atoms with van der Waals surface area (Å²) in [6.45, 7) is 6.28. The number of hydrogen-bond acceptors (Lipinski definition) is 3. The molecule has 0 spiro atoms. The second kappa shape index (κ2) is 8.01. The van der Waals surface area contributed by atoms with Crippen molar-refractivity contribution >= 4 is 17.4 Å². The molecule has 0 aromatic carbocycles. The van der Waals surface area contributed by atoms with Crippen LogP contribution in [0.5, 0.6) is 0 Å². The van der Waals surface area contributed by atoms with Gasteiger partial charge in [-0.15, -0.1) is 0 Å². The quantitative estimate of drug-likeness (QED) is 0.896. The first-order valence-corrected chi connectivity index (χ1v) is 8.26. The molecule has 1 aromatic heterocycles. The highest BCUT2D eigenvalue weighted by Crippen LogP contribution is 2.19. The number of pyridine rings is 1. The lowest BCUT2D eigenvalue weighted by Crippen LogP contribution is -2.25. The molecule has 2 heterocycles. The predicted molar refractivity (Wildman–Crippen MR) is 87.6 cm³/mol. The Morgan fingerprint density at radius 2 is 1.86 bits per heavy atom. The van der Waals surface area contributed by atoms with Crippen molar-refractivity contribution in [3.05, 3.63) is 18.3 Å². The van der Waals surface area contributed by atoms with Crippen LogP contribution in [-0.4, -0.2) is 24.0 Å². The van der Waals surface area contributed by atoms with Gasteiger partial charge in [-0.05, 0) is 37.8 Å². The Bertz CT molecular complexity index is 432. The number of carbonyl (C=O) groups is 1. The van der Waals surface area contributed by atoms with Crippen LogP contribution in [0.1, 0.15) is 52.4 Å². The van der Waals surface area contributed by atoms with E-state index in [0.717, 1.165) is 37.4 Å². The van der Waals surface area contributed by atoms with E-state index >= 15 is 0 Å². The highest BCUT2D eigenvalue weighted by Gasteiger charge is 2.15. The maximum Gasteiger partial charge on any atom is 0.227 e. The monoisotopic (exact) mass is 289 g/mol. The zero-order valence-electron chi connectivity index (χ0n) is 13.3. The normalized spacial score (nSPS) is 15.9. The summed E-state index contributed by atoms with van der Waals surface area (Å²) in [5.41, 5.74) is 0.797. The molecule has 0 radical (unpaired) electrons. The lowest BCUT2D eigenvalue weighted by molar-refractivity contribution is -0.120. The van der Waals surface area contributed by atoms with E-state index in [1.165, 1.54) is 25.7 Å². The Kier molecular flexibility index (Phi) is 6.03. The van der Waals surface area contributed by atoms with Crippen molar-refractivity contribution in [3.8, 4) is 0 Å². The van der Waals surface area contributed by atoms with Gasteiger partial charge in [-0.1, -0.05) is 26.7 Å². The zero-order valence-corrected chi connectivity index (χ0v) is 13.3. The summed E-state index contributed by atoms with van der Waals surface area (Å²) >= 11 is 0. The molecular weight excluding hydrogens is 262 g/mol. The summed E-state index contributed by atoms with van der Waals surface area (Å²) in [7, 11) is 0. The Balaban J connectivity index is 1.96. The highest BCUT2D eigenvalue weighted by molar-refractivity contribution is 5.92. The smallest absolute Gasteiger partial charge is 0.227 e. The van der Waals surface area contributed by atoms with Crippen molar-refractivity contribution < 1.29 is 4.79 Å². The number of anilines is 2. The molecule has 1 saturated heterocycles. The van der Waals surface area contributed by atoms with Crippen molar-refractivity contribution in [2.24, 2.45) is 5.92 Å². The predicted octanol–water partition coefficient (Wildman–Crippen LogP) is 3.84. The molecule has 0 unspecified atom stereocenters. The summed E-state index contributed by atoms with van der Waals surface area (Å²) < 4.78 is 0. The summed E-state index contributed by atoms with van der Waals surface area (Å²) in [6.07, 6.45) is 8.66. The molecule has 0 bridgehead atoms. The second-order valence-corrected chi connectivity index (χ2v) is 5.81. The number of aromatic nitrogens is 1. The largest absolute Gasteiger partial charge is 0.357 e. The van der Waals surface area contributed by atoms with Gasteiger partial charge in [-0.2, -0.15) is 0 Å². The first-order valence-electron chi connectivity index (χ1n) is 8.26. The first-order chi connectivity index (χ1) is 10.2. The summed E-state index contributed by atoms with van der Waals surface area (Å²) in [5, 5.41) is 2.97. The van der Waals surface area contributed by atoms with Crippen molar-refractivity contribution in [1.82, 2.24) is 4.98 Å². The third-order valence-corrected chi connectivity index (χ3v) is 4.30. The van der Waals surface area contributed by atoms with E-state index in [1.54, 1.807) is 6.20 Å². The fourth-order valence-electron chi connectivity index (χ4n) is 2.85. The first kappa shape index (κ1) is 15.8. The number of nitrogens with zero attached hydrogens (tertiary/aromatic N) is 2. The van der Waals surface area contributed by atoms with Crippen LogP contribution in [0.3, 0.4) is 0 Å². The molecule has 0 atom stereocenters. The molecule has 4 heteroatoms. The summed E-state index contributed by atoms with van der Waals surface area (Å²) in [5.74, 6) is 1.22. The number of amides is 1. The Morgan fingerprint density at radius 1 is 1.19 bits per heavy atom. The van der Waals surface area contributed by atoms with Gasteiger partial charge in [0.1, 0.15) is 5.82 Å². The van der Waals surface area contributed by atoms with Crippen molar-refractivity contribution in [2.75, 3.05) is 23.3 Å². The molecular formula is C17H27N3O. The number of hydrogen-bond donors (Lipinski definition) is 1. The average Bonchev–Trinajstić information content (AvgIpc) is 2.78. The van der Waals surface area contributed by atoms with Crippen LogP contribution in [-0.2, 0) is 4.79 Å². The van der Waals surface area contributed by atoms with E-state index in [1.807, 2.05) is 12.1 Å². The van der Waals surface area contributed by atoms with Crippen LogP contribution in [0, 0.1) is 5.92 Å². The molecule has 1 fully saturated rings. The van der Waals surface area contributed by atoms with Gasteiger partial charge < -0.3 is 10.2 Å². The van der Waals surface area contributed by atoms with Crippen molar-refractivity contribution in [2.45, 2.75) is 52.4 Å². The standard InChI is InChI=1S/C17H27N3O/c1-3-14(4-2)17(21)19-15-9-10-16(18-13-15)20-11-7-5-6-8-12-20/h9-10,13-14H,3-8,11-12H2,1-2H3,(H,19,21). The topological polar surface area (TPSA) is 45.2 Å². The van der Waals surface area contributed by atoms with Gasteiger partial charge in [0.05, 0.1) is 11.9 Å². The average molecular weight is 289 g/mol.